The van der Waals surface area contributed by atoms with Crippen molar-refractivity contribution in [2.45, 2.75) is 6.92 Å². The molecule has 0 heterocycles. The van der Waals surface area contributed by atoms with Gasteiger partial charge in [0.2, 0.25) is 0 Å². The van der Waals surface area contributed by atoms with E-state index in [0.29, 0.717) is 39.6 Å². The van der Waals surface area contributed by atoms with Gasteiger partial charge >= 0.3 is 0 Å². The van der Waals surface area contributed by atoms with E-state index >= 15 is 0 Å². The molecule has 1 aromatic carbocycles. The van der Waals surface area contributed by atoms with Crippen LogP contribution in [0.15, 0.2) is 24.3 Å². The highest BCUT2D eigenvalue weighted by molar-refractivity contribution is 5.48. The number of hydrogen-bond acceptors (Lipinski definition) is 6. The molecule has 2 N–H and O–H groups in total. The lowest BCUT2D eigenvalue weighted by Gasteiger charge is -2.25. The molecule has 0 saturated carbocycles. The summed E-state index contributed by atoms with van der Waals surface area (Å²) in [6, 6.07) is 8.31. The number of nitrogens with zero attached hydrogens (tertiary/aromatic N) is 1. The van der Waals surface area contributed by atoms with E-state index < -0.39 is 0 Å². The zero-order valence-electron chi connectivity index (χ0n) is 13.9. The predicted octanol–water partition coefficient (Wildman–Crippen LogP) is 0.836. The average Bonchev–Trinajstić information content (AvgIpc) is 2.56. The van der Waals surface area contributed by atoms with Gasteiger partial charge in [-0.05, 0) is 24.6 Å². The van der Waals surface area contributed by atoms with E-state index in [4.69, 9.17) is 24.4 Å². The minimum atomic E-state index is 0.0367. The number of ether oxygens (including phenoxy) is 3. The van der Waals surface area contributed by atoms with Gasteiger partial charge in [0.1, 0.15) is 0 Å². The maximum atomic E-state index is 8.76. The third kappa shape index (κ3) is 9.53. The third-order valence-corrected chi connectivity index (χ3v) is 3.22. The van der Waals surface area contributed by atoms with Crippen molar-refractivity contribution in [3.8, 4) is 0 Å². The van der Waals surface area contributed by atoms with Crippen molar-refractivity contribution >= 4 is 5.69 Å². The van der Waals surface area contributed by atoms with Crippen LogP contribution in [0.3, 0.4) is 0 Å². The largest absolute Gasteiger partial charge is 0.394 e. The molecule has 1 rings (SSSR count). The van der Waals surface area contributed by atoms with Crippen LogP contribution in [0.25, 0.3) is 0 Å². The molecule has 23 heavy (non-hydrogen) atoms. The topological polar surface area (TPSA) is 71.4 Å². The molecule has 0 atom stereocenters. The van der Waals surface area contributed by atoms with Gasteiger partial charge in [0.05, 0.1) is 52.9 Å². The van der Waals surface area contributed by atoms with Gasteiger partial charge in [0.25, 0.3) is 0 Å². The van der Waals surface area contributed by atoms with Crippen molar-refractivity contribution in [3.05, 3.63) is 29.8 Å². The van der Waals surface area contributed by atoms with Gasteiger partial charge in [-0.2, -0.15) is 0 Å². The summed E-state index contributed by atoms with van der Waals surface area (Å²) in [6.45, 7) is 6.52. The number of benzene rings is 1. The van der Waals surface area contributed by atoms with Crippen molar-refractivity contribution < 1.29 is 24.4 Å². The molecule has 6 heteroatoms. The molecule has 0 aliphatic carbocycles. The standard InChI is InChI=1S/C17H29NO5/c1-16-3-2-4-17(15-16)18(5-9-21-11-7-19)6-10-22-13-14-23-12-8-20/h2-4,15,19-20H,5-14H2,1H3. The van der Waals surface area contributed by atoms with Crippen LogP contribution < -0.4 is 4.90 Å². The molecule has 0 aromatic heterocycles. The second-order valence-electron chi connectivity index (χ2n) is 5.11. The lowest BCUT2D eigenvalue weighted by molar-refractivity contribution is 0.0347. The average molecular weight is 327 g/mol. The van der Waals surface area contributed by atoms with Crippen LogP contribution >= 0.6 is 0 Å². The Balaban J connectivity index is 2.35. The summed E-state index contributed by atoms with van der Waals surface area (Å²) < 4.78 is 16.1. The first-order chi connectivity index (χ1) is 11.3. The Morgan fingerprint density at radius 1 is 0.826 bits per heavy atom. The van der Waals surface area contributed by atoms with Crippen molar-refractivity contribution in [1.82, 2.24) is 0 Å². The minimum absolute atomic E-state index is 0.0367. The molecule has 6 nitrogen and oxygen atoms in total. The summed E-state index contributed by atoms with van der Waals surface area (Å²) in [5.74, 6) is 0. The first-order valence-electron chi connectivity index (χ1n) is 8.04. The van der Waals surface area contributed by atoms with Gasteiger partial charge in [0, 0.05) is 18.8 Å². The Hall–Kier alpha value is -1.18. The molecule has 0 unspecified atom stereocenters. The Labute approximate surface area is 138 Å². The fourth-order valence-corrected chi connectivity index (χ4v) is 2.10. The molecule has 0 aliphatic heterocycles. The van der Waals surface area contributed by atoms with Crippen LogP contribution in [0.1, 0.15) is 5.56 Å². The van der Waals surface area contributed by atoms with Crippen molar-refractivity contribution in [1.29, 1.82) is 0 Å². The summed E-state index contributed by atoms with van der Waals surface area (Å²) in [4.78, 5) is 2.21. The van der Waals surface area contributed by atoms with Crippen LogP contribution in [0.5, 0.6) is 0 Å². The van der Waals surface area contributed by atoms with Gasteiger partial charge < -0.3 is 29.3 Å². The molecule has 0 aliphatic rings. The van der Waals surface area contributed by atoms with Crippen LogP contribution in [-0.4, -0.2) is 76.2 Å². The Bertz CT molecular complexity index is 402. The van der Waals surface area contributed by atoms with E-state index in [1.54, 1.807) is 0 Å². The zero-order valence-corrected chi connectivity index (χ0v) is 13.9. The van der Waals surface area contributed by atoms with Crippen molar-refractivity contribution in [2.24, 2.45) is 0 Å². The number of anilines is 1. The quantitative estimate of drug-likeness (QED) is 0.493. The van der Waals surface area contributed by atoms with E-state index in [2.05, 4.69) is 30.0 Å². The normalized spacial score (nSPS) is 10.9. The second kappa shape index (κ2) is 13.3. The summed E-state index contributed by atoms with van der Waals surface area (Å²) in [5.41, 5.74) is 2.35. The van der Waals surface area contributed by atoms with Gasteiger partial charge in [-0.15, -0.1) is 0 Å². The fourth-order valence-electron chi connectivity index (χ4n) is 2.10. The number of aliphatic hydroxyl groups excluding tert-OH is 2. The Morgan fingerprint density at radius 2 is 1.39 bits per heavy atom. The van der Waals surface area contributed by atoms with Gasteiger partial charge in [-0.25, -0.2) is 0 Å². The van der Waals surface area contributed by atoms with E-state index in [0.717, 1.165) is 18.8 Å². The van der Waals surface area contributed by atoms with Crippen LogP contribution in [0.4, 0.5) is 5.69 Å². The molecule has 0 amide bonds. The molecule has 0 bridgehead atoms. The van der Waals surface area contributed by atoms with Gasteiger partial charge in [-0.3, -0.25) is 0 Å². The monoisotopic (exact) mass is 327 g/mol. The summed E-state index contributed by atoms with van der Waals surface area (Å²) in [5, 5.41) is 17.4. The number of hydrogen-bond donors (Lipinski definition) is 2. The lowest BCUT2D eigenvalue weighted by atomic mass is 10.2. The third-order valence-electron chi connectivity index (χ3n) is 3.22. The maximum absolute atomic E-state index is 8.76. The SMILES string of the molecule is Cc1cccc(N(CCOCCO)CCOCCOCCO)c1. The summed E-state index contributed by atoms with van der Waals surface area (Å²) in [7, 11) is 0. The van der Waals surface area contributed by atoms with E-state index in [9.17, 15) is 0 Å². The number of aliphatic hydroxyl groups is 2. The highest BCUT2D eigenvalue weighted by atomic mass is 16.5. The maximum Gasteiger partial charge on any atom is 0.0701 e. The Morgan fingerprint density at radius 3 is 1.96 bits per heavy atom. The van der Waals surface area contributed by atoms with Crippen molar-refractivity contribution in [2.75, 3.05) is 70.8 Å². The van der Waals surface area contributed by atoms with Crippen LogP contribution in [0, 0.1) is 6.92 Å². The smallest absolute Gasteiger partial charge is 0.0701 e. The van der Waals surface area contributed by atoms with Gasteiger partial charge in [-0.1, -0.05) is 12.1 Å². The van der Waals surface area contributed by atoms with E-state index in [-0.39, 0.29) is 13.2 Å². The molecule has 0 fully saturated rings. The zero-order chi connectivity index (χ0) is 16.8. The first kappa shape index (κ1) is 19.9. The van der Waals surface area contributed by atoms with E-state index in [1.165, 1.54) is 5.56 Å². The predicted molar refractivity (Wildman–Crippen MR) is 90.0 cm³/mol. The second-order valence-corrected chi connectivity index (χ2v) is 5.11. The highest BCUT2D eigenvalue weighted by Gasteiger charge is 2.07. The molecule has 1 aromatic rings. The molecular formula is C17H29NO5. The molecule has 132 valence electrons. The van der Waals surface area contributed by atoms with Gasteiger partial charge in [0.15, 0.2) is 0 Å². The van der Waals surface area contributed by atoms with Crippen LogP contribution in [0.2, 0.25) is 0 Å². The molecular weight excluding hydrogens is 298 g/mol. The Kier molecular flexibility index (Phi) is 11.5. The summed E-state index contributed by atoms with van der Waals surface area (Å²) >= 11 is 0. The van der Waals surface area contributed by atoms with Crippen molar-refractivity contribution in [3.63, 3.8) is 0 Å². The molecule has 0 saturated heterocycles. The minimum Gasteiger partial charge on any atom is -0.394 e. The number of aryl methyl sites for hydroxylation is 1. The van der Waals surface area contributed by atoms with Crippen LogP contribution in [-0.2, 0) is 14.2 Å². The fraction of sp³-hybridized carbons (Fsp3) is 0.647. The molecule has 0 spiro atoms. The summed E-state index contributed by atoms with van der Waals surface area (Å²) in [6.07, 6.45) is 0. The highest BCUT2D eigenvalue weighted by Crippen LogP contribution is 2.15. The molecule has 0 radical (unpaired) electrons. The van der Waals surface area contributed by atoms with E-state index in [1.807, 2.05) is 6.07 Å². The number of rotatable bonds is 14. The lowest BCUT2D eigenvalue weighted by Crippen LogP contribution is -2.31. The first-order valence-corrected chi connectivity index (χ1v) is 8.04.